The zero-order valence-electron chi connectivity index (χ0n) is 23.5. The fourth-order valence-corrected chi connectivity index (χ4v) is 4.83. The fourth-order valence-electron chi connectivity index (χ4n) is 4.83. The number of halogens is 3. The Bertz CT molecular complexity index is 1410. The zero-order chi connectivity index (χ0) is 30.4. The number of nitrogens with zero attached hydrogens (tertiary/aromatic N) is 2. The second kappa shape index (κ2) is 13.2. The number of rotatable bonds is 11. The highest BCUT2D eigenvalue weighted by Crippen LogP contribution is 2.42. The molecule has 3 aromatic rings. The van der Waals surface area contributed by atoms with Gasteiger partial charge in [-0.2, -0.15) is 18.2 Å². The van der Waals surface area contributed by atoms with Crippen molar-refractivity contribution in [3.63, 3.8) is 0 Å². The molecule has 1 aromatic heterocycles. The molecule has 0 bridgehead atoms. The summed E-state index contributed by atoms with van der Waals surface area (Å²) >= 11 is 0. The number of hydrogen-bond donors (Lipinski definition) is 3. The minimum absolute atomic E-state index is 0.0650. The summed E-state index contributed by atoms with van der Waals surface area (Å²) in [5, 5.41) is 9.08. The first kappa shape index (κ1) is 30.8. The summed E-state index contributed by atoms with van der Waals surface area (Å²) in [6, 6.07) is 14.3. The van der Waals surface area contributed by atoms with Gasteiger partial charge in [-0.05, 0) is 60.3 Å². The van der Waals surface area contributed by atoms with Crippen molar-refractivity contribution in [1.29, 1.82) is 0 Å². The van der Waals surface area contributed by atoms with Gasteiger partial charge in [0.25, 0.3) is 0 Å². The standard InChI is InChI=1S/C31H35F3N4O4/c1-18(2)17-41-26-15-22(20-6-4-3-5-7-20)12-13-23(26)28(31(32,33)34)42-27-16-25(37-30(36)38-27)21-10-8-19(9-11-21)14-24(35)29(39)40/h3-7,10,12-13,15-16,18-19,24,28H,8-9,11,14,17,35H2,1-2H3,(H,39,40)(H2,36,37,38). The third-order valence-corrected chi connectivity index (χ3v) is 6.98. The van der Waals surface area contributed by atoms with E-state index in [9.17, 15) is 18.0 Å². The van der Waals surface area contributed by atoms with Crippen molar-refractivity contribution in [1.82, 2.24) is 9.97 Å². The Labute approximate surface area is 242 Å². The van der Waals surface area contributed by atoms with Crippen LogP contribution in [0.2, 0.25) is 0 Å². The molecule has 11 heteroatoms. The molecule has 1 heterocycles. The molecule has 0 saturated carbocycles. The fraction of sp³-hybridized carbons (Fsp3) is 0.387. The molecule has 2 aromatic carbocycles. The van der Waals surface area contributed by atoms with Gasteiger partial charge in [0, 0.05) is 11.6 Å². The number of nitrogens with two attached hydrogens (primary N) is 2. The van der Waals surface area contributed by atoms with Gasteiger partial charge >= 0.3 is 12.1 Å². The van der Waals surface area contributed by atoms with Crippen molar-refractivity contribution in [2.45, 2.75) is 57.9 Å². The van der Waals surface area contributed by atoms with E-state index in [4.69, 9.17) is 26.0 Å². The maximum Gasteiger partial charge on any atom is 0.429 e. The van der Waals surface area contributed by atoms with E-state index >= 15 is 0 Å². The molecule has 0 amide bonds. The lowest BCUT2D eigenvalue weighted by molar-refractivity contribution is -0.199. The van der Waals surface area contributed by atoms with E-state index in [0.717, 1.165) is 11.1 Å². The van der Waals surface area contributed by atoms with Gasteiger partial charge in [-0.15, -0.1) is 0 Å². The summed E-state index contributed by atoms with van der Waals surface area (Å²) in [5.41, 5.74) is 14.1. The number of benzene rings is 2. The predicted molar refractivity (Wildman–Crippen MR) is 154 cm³/mol. The van der Waals surface area contributed by atoms with Gasteiger partial charge in [-0.3, -0.25) is 4.79 Å². The van der Waals surface area contributed by atoms with Gasteiger partial charge in [-0.25, -0.2) is 4.98 Å². The summed E-state index contributed by atoms with van der Waals surface area (Å²) in [6.07, 6.45) is -3.22. The third-order valence-electron chi connectivity index (χ3n) is 6.98. The number of carboxylic acid groups (broad SMARTS) is 1. The molecule has 4 rings (SSSR count). The molecule has 1 aliphatic rings. The Morgan fingerprint density at radius 3 is 2.45 bits per heavy atom. The molecule has 3 unspecified atom stereocenters. The van der Waals surface area contributed by atoms with E-state index < -0.39 is 24.3 Å². The third kappa shape index (κ3) is 8.00. The lowest BCUT2D eigenvalue weighted by Gasteiger charge is -2.25. The van der Waals surface area contributed by atoms with Crippen LogP contribution in [0.5, 0.6) is 11.6 Å². The first-order valence-electron chi connectivity index (χ1n) is 13.8. The Morgan fingerprint density at radius 1 is 1.10 bits per heavy atom. The van der Waals surface area contributed by atoms with Crippen molar-refractivity contribution in [3.8, 4) is 22.8 Å². The highest BCUT2D eigenvalue weighted by atomic mass is 19.4. The summed E-state index contributed by atoms with van der Waals surface area (Å²) in [4.78, 5) is 19.3. The molecule has 0 aliphatic heterocycles. The number of alkyl halides is 3. The van der Waals surface area contributed by atoms with E-state index in [0.29, 0.717) is 36.9 Å². The molecule has 3 atom stereocenters. The molecular weight excluding hydrogens is 549 g/mol. The maximum atomic E-state index is 14.5. The Hall–Kier alpha value is -4.12. The molecular formula is C31H35F3N4O4. The van der Waals surface area contributed by atoms with Gasteiger partial charge in [0.1, 0.15) is 11.8 Å². The first-order chi connectivity index (χ1) is 19.9. The van der Waals surface area contributed by atoms with E-state index in [2.05, 4.69) is 9.97 Å². The quantitative estimate of drug-likeness (QED) is 0.235. The average molecular weight is 585 g/mol. The largest absolute Gasteiger partial charge is 0.493 e. The number of ether oxygens (including phenoxy) is 2. The Kier molecular flexibility index (Phi) is 9.72. The van der Waals surface area contributed by atoms with Crippen LogP contribution >= 0.6 is 0 Å². The van der Waals surface area contributed by atoms with Crippen LogP contribution in [0.3, 0.4) is 0 Å². The summed E-state index contributed by atoms with van der Waals surface area (Å²) in [6.45, 7) is 4.03. The number of carboxylic acids is 1. The number of allylic oxidation sites excluding steroid dienone is 2. The van der Waals surface area contributed by atoms with Gasteiger partial charge in [0.2, 0.25) is 17.9 Å². The van der Waals surface area contributed by atoms with Crippen molar-refractivity contribution < 1.29 is 32.5 Å². The monoisotopic (exact) mass is 584 g/mol. The smallest absolute Gasteiger partial charge is 0.429 e. The van der Waals surface area contributed by atoms with Crippen LogP contribution in [-0.4, -0.2) is 39.9 Å². The highest BCUT2D eigenvalue weighted by Gasteiger charge is 2.45. The molecule has 0 saturated heterocycles. The molecule has 42 heavy (non-hydrogen) atoms. The lowest BCUT2D eigenvalue weighted by Crippen LogP contribution is -2.32. The van der Waals surface area contributed by atoms with Crippen LogP contribution in [0.1, 0.15) is 56.9 Å². The highest BCUT2D eigenvalue weighted by molar-refractivity contribution is 5.73. The normalized spacial score (nSPS) is 16.9. The summed E-state index contributed by atoms with van der Waals surface area (Å²) < 4.78 is 55.0. The van der Waals surface area contributed by atoms with Gasteiger partial charge in [0.05, 0.1) is 12.3 Å². The second-order valence-corrected chi connectivity index (χ2v) is 10.9. The SMILES string of the molecule is CC(C)COc1cc(-c2ccccc2)ccc1C(Oc1cc(C2=CCC(CC(N)C(=O)O)CC2)nc(N)n1)C(F)(F)F. The average Bonchev–Trinajstić information content (AvgIpc) is 2.94. The van der Waals surface area contributed by atoms with Crippen molar-refractivity contribution in [2.75, 3.05) is 12.3 Å². The predicted octanol–water partition coefficient (Wildman–Crippen LogP) is 6.43. The van der Waals surface area contributed by atoms with Gasteiger partial charge in [0.15, 0.2) is 0 Å². The molecule has 1 aliphatic carbocycles. The van der Waals surface area contributed by atoms with Crippen molar-refractivity contribution in [3.05, 3.63) is 71.9 Å². The molecule has 8 nitrogen and oxygen atoms in total. The zero-order valence-corrected chi connectivity index (χ0v) is 23.5. The molecule has 224 valence electrons. The van der Waals surface area contributed by atoms with E-state index in [1.807, 2.05) is 50.3 Å². The number of aromatic nitrogens is 2. The van der Waals surface area contributed by atoms with Crippen LogP contribution in [0.15, 0.2) is 60.7 Å². The second-order valence-electron chi connectivity index (χ2n) is 10.9. The first-order valence-corrected chi connectivity index (χ1v) is 13.8. The number of aliphatic carboxylic acids is 1. The van der Waals surface area contributed by atoms with Crippen LogP contribution in [-0.2, 0) is 4.79 Å². The lowest BCUT2D eigenvalue weighted by atomic mass is 9.84. The molecule has 0 fully saturated rings. The van der Waals surface area contributed by atoms with Crippen molar-refractivity contribution >= 4 is 17.5 Å². The van der Waals surface area contributed by atoms with Gasteiger partial charge in [-0.1, -0.05) is 62.4 Å². The van der Waals surface area contributed by atoms with Crippen LogP contribution < -0.4 is 20.9 Å². The molecule has 0 radical (unpaired) electrons. The summed E-state index contributed by atoms with van der Waals surface area (Å²) in [5.74, 6) is -1.38. The van der Waals surface area contributed by atoms with E-state index in [1.54, 1.807) is 12.1 Å². The molecule has 0 spiro atoms. The van der Waals surface area contributed by atoms with Gasteiger partial charge < -0.3 is 26.0 Å². The van der Waals surface area contributed by atoms with Crippen LogP contribution in [0, 0.1) is 11.8 Å². The van der Waals surface area contributed by atoms with Crippen molar-refractivity contribution in [2.24, 2.45) is 17.6 Å². The topological polar surface area (TPSA) is 134 Å². The van der Waals surface area contributed by atoms with Crippen LogP contribution in [0.25, 0.3) is 16.7 Å². The molecule has 5 N–H and O–H groups in total. The minimum atomic E-state index is -4.80. The van der Waals surface area contributed by atoms with Crippen LogP contribution in [0.4, 0.5) is 19.1 Å². The van der Waals surface area contributed by atoms with E-state index in [-0.39, 0.29) is 41.6 Å². The Morgan fingerprint density at radius 2 is 1.83 bits per heavy atom. The number of nitrogen functional groups attached to an aromatic ring is 1. The number of anilines is 1. The number of carbonyl (C=O) groups is 1. The summed E-state index contributed by atoms with van der Waals surface area (Å²) in [7, 11) is 0. The minimum Gasteiger partial charge on any atom is -0.493 e. The number of hydrogen-bond acceptors (Lipinski definition) is 7. The maximum absolute atomic E-state index is 14.5. The Balaban J connectivity index is 1.63. The van der Waals surface area contributed by atoms with E-state index in [1.165, 1.54) is 12.1 Å².